The van der Waals surface area contributed by atoms with Gasteiger partial charge >= 0.3 is 6.18 Å². The molecule has 1 amide bonds. The molecule has 1 N–H and O–H groups in total. The number of hydrogen-bond donors (Lipinski definition) is 1. The van der Waals surface area contributed by atoms with Gasteiger partial charge in [-0.1, -0.05) is 13.8 Å². The van der Waals surface area contributed by atoms with Crippen molar-refractivity contribution in [3.63, 3.8) is 0 Å². The molecule has 3 rings (SSSR count). The summed E-state index contributed by atoms with van der Waals surface area (Å²) >= 11 is 0. The number of ether oxygens (including phenoxy) is 1. The lowest BCUT2D eigenvalue weighted by Crippen LogP contribution is -2.75. The number of aromatic nitrogens is 2. The molecule has 3 atom stereocenters. The van der Waals surface area contributed by atoms with Crippen LogP contribution in [0.5, 0.6) is 0 Å². The Labute approximate surface area is 156 Å². The third-order valence-corrected chi connectivity index (χ3v) is 5.71. The van der Waals surface area contributed by atoms with E-state index in [1.54, 1.807) is 7.11 Å². The number of anilines is 1. The molecular formula is C18H25F3N4O2. The number of alkyl halides is 3. The highest BCUT2D eigenvalue weighted by atomic mass is 19.4. The zero-order chi connectivity index (χ0) is 19.8. The van der Waals surface area contributed by atoms with Gasteiger partial charge in [-0.25, -0.2) is 9.97 Å². The van der Waals surface area contributed by atoms with Crippen molar-refractivity contribution >= 4 is 11.9 Å². The zero-order valence-electron chi connectivity index (χ0n) is 15.7. The molecular weight excluding hydrogens is 361 g/mol. The van der Waals surface area contributed by atoms with Crippen LogP contribution in [0.15, 0.2) is 12.3 Å². The first kappa shape index (κ1) is 19.9. The number of methoxy groups -OCH3 is 1. The molecule has 1 aromatic heterocycles. The number of fused-ring (bicyclic) bond motifs is 1. The second kappa shape index (κ2) is 7.26. The highest BCUT2D eigenvalue weighted by Gasteiger charge is 2.60. The summed E-state index contributed by atoms with van der Waals surface area (Å²) in [7, 11) is 1.55. The molecule has 1 aliphatic carbocycles. The Morgan fingerprint density at radius 1 is 1.44 bits per heavy atom. The fourth-order valence-corrected chi connectivity index (χ4v) is 4.55. The molecule has 3 unspecified atom stereocenters. The Bertz CT molecular complexity index is 695. The van der Waals surface area contributed by atoms with Crippen LogP contribution in [-0.2, 0) is 15.7 Å². The van der Waals surface area contributed by atoms with Gasteiger partial charge in [0.2, 0.25) is 11.9 Å². The van der Waals surface area contributed by atoms with E-state index in [-0.39, 0.29) is 35.3 Å². The first-order chi connectivity index (χ1) is 12.7. The van der Waals surface area contributed by atoms with Crippen LogP contribution in [0.4, 0.5) is 19.1 Å². The van der Waals surface area contributed by atoms with Crippen molar-refractivity contribution in [2.45, 2.75) is 51.4 Å². The number of halogens is 3. The minimum Gasteiger partial charge on any atom is -0.384 e. The summed E-state index contributed by atoms with van der Waals surface area (Å²) in [6, 6.07) is 0.846. The molecule has 1 saturated carbocycles. The van der Waals surface area contributed by atoms with E-state index in [1.165, 1.54) is 0 Å². The summed E-state index contributed by atoms with van der Waals surface area (Å²) < 4.78 is 44.0. The van der Waals surface area contributed by atoms with E-state index in [9.17, 15) is 18.0 Å². The zero-order valence-corrected chi connectivity index (χ0v) is 15.7. The van der Waals surface area contributed by atoms with Gasteiger partial charge < -0.3 is 15.0 Å². The van der Waals surface area contributed by atoms with Crippen LogP contribution < -0.4 is 10.2 Å². The molecule has 150 valence electrons. The summed E-state index contributed by atoms with van der Waals surface area (Å²) in [6.07, 6.45) is -1.31. The van der Waals surface area contributed by atoms with Gasteiger partial charge in [-0.15, -0.1) is 0 Å². The molecule has 6 nitrogen and oxygen atoms in total. The summed E-state index contributed by atoms with van der Waals surface area (Å²) in [4.78, 5) is 21.9. The van der Waals surface area contributed by atoms with E-state index in [0.717, 1.165) is 25.1 Å². The Hall–Kier alpha value is -1.90. The molecule has 1 aliphatic heterocycles. The molecule has 1 aromatic rings. The Morgan fingerprint density at radius 2 is 2.19 bits per heavy atom. The summed E-state index contributed by atoms with van der Waals surface area (Å²) in [5.74, 6) is 0.205. The molecule has 2 fully saturated rings. The maximum atomic E-state index is 13.0. The van der Waals surface area contributed by atoms with Gasteiger partial charge in [-0.3, -0.25) is 4.79 Å². The smallest absolute Gasteiger partial charge is 0.384 e. The van der Waals surface area contributed by atoms with Crippen molar-refractivity contribution in [1.82, 2.24) is 15.3 Å². The van der Waals surface area contributed by atoms with Crippen molar-refractivity contribution < 1.29 is 22.7 Å². The molecule has 0 bridgehead atoms. The van der Waals surface area contributed by atoms with Gasteiger partial charge in [-0.05, 0) is 18.9 Å². The Kier molecular flexibility index (Phi) is 5.33. The van der Waals surface area contributed by atoms with Crippen molar-refractivity contribution in [3.8, 4) is 0 Å². The highest BCUT2D eigenvalue weighted by molar-refractivity contribution is 5.76. The number of nitrogens with one attached hydrogen (secondary N) is 1. The van der Waals surface area contributed by atoms with E-state index in [0.29, 0.717) is 19.6 Å². The fourth-order valence-electron chi connectivity index (χ4n) is 4.55. The summed E-state index contributed by atoms with van der Waals surface area (Å²) in [6.45, 7) is 5.02. The van der Waals surface area contributed by atoms with E-state index >= 15 is 0 Å². The number of carbonyl (C=O) groups is 1. The minimum absolute atomic E-state index is 0.0116. The molecule has 1 saturated heterocycles. The third kappa shape index (κ3) is 3.74. The van der Waals surface area contributed by atoms with Crippen LogP contribution in [0.1, 0.15) is 38.8 Å². The van der Waals surface area contributed by atoms with Crippen molar-refractivity contribution in [2.75, 3.05) is 25.2 Å². The van der Waals surface area contributed by atoms with Gasteiger partial charge in [0.05, 0.1) is 6.61 Å². The number of piperidine rings is 1. The maximum absolute atomic E-state index is 13.0. The van der Waals surface area contributed by atoms with Gasteiger partial charge in [0.25, 0.3) is 0 Å². The predicted molar refractivity (Wildman–Crippen MR) is 93.1 cm³/mol. The molecule has 2 aliphatic rings. The largest absolute Gasteiger partial charge is 0.433 e. The second-order valence-electron chi connectivity index (χ2n) is 7.79. The average Bonchev–Trinajstić information content (AvgIpc) is 2.63. The van der Waals surface area contributed by atoms with Gasteiger partial charge in [0, 0.05) is 49.7 Å². The quantitative estimate of drug-likeness (QED) is 0.843. The fraction of sp³-hybridized carbons (Fsp3) is 0.722. The third-order valence-electron chi connectivity index (χ3n) is 5.71. The van der Waals surface area contributed by atoms with E-state index in [2.05, 4.69) is 15.3 Å². The first-order valence-corrected chi connectivity index (χ1v) is 9.11. The van der Waals surface area contributed by atoms with Crippen molar-refractivity contribution in [1.29, 1.82) is 0 Å². The minimum atomic E-state index is -4.50. The molecule has 0 spiro atoms. The molecule has 2 heterocycles. The van der Waals surface area contributed by atoms with Crippen LogP contribution in [0.2, 0.25) is 0 Å². The lowest BCUT2D eigenvalue weighted by Gasteiger charge is -2.64. The van der Waals surface area contributed by atoms with Crippen LogP contribution in [0.3, 0.4) is 0 Å². The molecule has 0 radical (unpaired) electrons. The molecule has 27 heavy (non-hydrogen) atoms. The normalized spacial score (nSPS) is 26.9. The van der Waals surface area contributed by atoms with E-state index in [4.69, 9.17) is 4.74 Å². The second-order valence-corrected chi connectivity index (χ2v) is 7.79. The standard InChI is InChI=1S/C18H25F3N4O2/c1-17(2)14(24-13(26)7-10-27-3)11-5-4-9-25(15(11)17)16-22-8-6-12(23-16)18(19,20)21/h6,8,11,14-15H,4-5,7,9-10H2,1-3H3,(H,24,26). The lowest BCUT2D eigenvalue weighted by atomic mass is 9.52. The SMILES string of the molecule is COCCC(=O)NC1C2CCCN(c3nccc(C(F)(F)F)n3)C2C1(C)C. The van der Waals surface area contributed by atoms with E-state index in [1.807, 2.05) is 18.7 Å². The average molecular weight is 386 g/mol. The topological polar surface area (TPSA) is 67.3 Å². The van der Waals surface area contributed by atoms with Crippen LogP contribution >= 0.6 is 0 Å². The number of nitrogens with zero attached hydrogens (tertiary/aromatic N) is 3. The number of rotatable bonds is 5. The lowest BCUT2D eigenvalue weighted by molar-refractivity contribution is -0.141. The number of carbonyl (C=O) groups excluding carboxylic acids is 1. The maximum Gasteiger partial charge on any atom is 0.433 e. The Morgan fingerprint density at radius 3 is 2.85 bits per heavy atom. The Balaban J connectivity index is 1.79. The van der Waals surface area contributed by atoms with Crippen molar-refractivity contribution in [2.24, 2.45) is 11.3 Å². The molecule has 9 heteroatoms. The number of amides is 1. The van der Waals surface area contributed by atoms with Gasteiger partial charge in [0.15, 0.2) is 0 Å². The first-order valence-electron chi connectivity index (χ1n) is 9.11. The summed E-state index contributed by atoms with van der Waals surface area (Å²) in [5.41, 5.74) is -1.23. The van der Waals surface area contributed by atoms with Gasteiger partial charge in [0.1, 0.15) is 5.69 Å². The van der Waals surface area contributed by atoms with Crippen molar-refractivity contribution in [3.05, 3.63) is 18.0 Å². The van der Waals surface area contributed by atoms with Crippen LogP contribution in [-0.4, -0.2) is 48.2 Å². The number of hydrogen-bond acceptors (Lipinski definition) is 5. The van der Waals surface area contributed by atoms with Crippen LogP contribution in [0, 0.1) is 11.3 Å². The van der Waals surface area contributed by atoms with E-state index < -0.39 is 11.9 Å². The monoisotopic (exact) mass is 386 g/mol. The molecule has 0 aromatic carbocycles. The summed E-state index contributed by atoms with van der Waals surface area (Å²) in [5, 5.41) is 3.08. The van der Waals surface area contributed by atoms with Gasteiger partial charge in [-0.2, -0.15) is 13.2 Å². The highest BCUT2D eigenvalue weighted by Crippen LogP contribution is 2.53. The predicted octanol–water partition coefficient (Wildman–Crippen LogP) is 2.64. The van der Waals surface area contributed by atoms with Crippen LogP contribution in [0.25, 0.3) is 0 Å².